The fourth-order valence-corrected chi connectivity index (χ4v) is 3.18. The van der Waals surface area contributed by atoms with Crippen LogP contribution in [0.5, 0.6) is 0 Å². The van der Waals surface area contributed by atoms with E-state index in [2.05, 4.69) is 36.2 Å². The minimum absolute atomic E-state index is 0.108. The number of nitrogens with zero attached hydrogens (tertiary/aromatic N) is 5. The molecule has 10 nitrogen and oxygen atoms in total. The monoisotopic (exact) mass is 409 g/mol. The summed E-state index contributed by atoms with van der Waals surface area (Å²) in [5, 5.41) is 21.7. The van der Waals surface area contributed by atoms with Crippen molar-refractivity contribution in [3.8, 4) is 6.07 Å². The van der Waals surface area contributed by atoms with Crippen LogP contribution in [0.2, 0.25) is 0 Å². The molecular formula is C20H27N9O. The summed E-state index contributed by atoms with van der Waals surface area (Å²) in [6.45, 7) is 3.13. The van der Waals surface area contributed by atoms with Crippen LogP contribution in [0, 0.1) is 17.2 Å². The van der Waals surface area contributed by atoms with Crippen LogP contribution in [-0.4, -0.2) is 66.0 Å². The first kappa shape index (κ1) is 21.4. The average molecular weight is 409 g/mol. The lowest BCUT2D eigenvalue weighted by Crippen LogP contribution is -2.33. The number of pyridine rings is 1. The first-order valence-corrected chi connectivity index (χ1v) is 9.92. The Labute approximate surface area is 176 Å². The molecule has 1 atom stereocenters. The summed E-state index contributed by atoms with van der Waals surface area (Å²) in [5.74, 6) is 1.46. The number of aromatic nitrogens is 3. The second-order valence-electron chi connectivity index (χ2n) is 7.52. The topological polar surface area (TPSA) is 131 Å². The summed E-state index contributed by atoms with van der Waals surface area (Å²) < 4.78 is 0. The van der Waals surface area contributed by atoms with Crippen molar-refractivity contribution in [3.05, 3.63) is 30.4 Å². The number of nitrogens with one attached hydrogen (secondary N) is 4. The Balaban J connectivity index is 1.75. The van der Waals surface area contributed by atoms with E-state index in [1.54, 1.807) is 6.20 Å². The number of nitriles is 1. The van der Waals surface area contributed by atoms with Crippen molar-refractivity contribution >= 4 is 28.9 Å². The summed E-state index contributed by atoms with van der Waals surface area (Å²) in [6.07, 6.45) is 6.83. The summed E-state index contributed by atoms with van der Waals surface area (Å²) in [6, 6.07) is 3.77. The summed E-state index contributed by atoms with van der Waals surface area (Å²) in [4.78, 5) is 26.6. The van der Waals surface area contributed by atoms with E-state index in [0.717, 1.165) is 25.3 Å². The zero-order chi connectivity index (χ0) is 21.3. The molecule has 0 bridgehead atoms. The molecule has 2 aromatic rings. The van der Waals surface area contributed by atoms with Crippen LogP contribution in [0.4, 0.5) is 23.0 Å². The highest BCUT2D eigenvalue weighted by molar-refractivity contribution is 5.95. The summed E-state index contributed by atoms with van der Waals surface area (Å²) in [5.41, 5.74) is 1.66. The van der Waals surface area contributed by atoms with Gasteiger partial charge in [0.1, 0.15) is 17.7 Å². The molecule has 1 amide bonds. The van der Waals surface area contributed by atoms with E-state index in [-0.39, 0.29) is 18.1 Å². The van der Waals surface area contributed by atoms with E-state index in [9.17, 15) is 4.79 Å². The van der Waals surface area contributed by atoms with Crippen LogP contribution in [0.25, 0.3) is 0 Å². The average Bonchev–Trinajstić information content (AvgIpc) is 2.74. The van der Waals surface area contributed by atoms with Gasteiger partial charge in [-0.3, -0.25) is 4.79 Å². The molecule has 0 saturated carbocycles. The second-order valence-corrected chi connectivity index (χ2v) is 7.52. The van der Waals surface area contributed by atoms with Crippen LogP contribution < -0.4 is 21.3 Å². The quantitative estimate of drug-likeness (QED) is 0.511. The third kappa shape index (κ3) is 6.37. The van der Waals surface area contributed by atoms with E-state index in [4.69, 9.17) is 5.26 Å². The molecule has 158 valence electrons. The fraction of sp³-hybridized carbons (Fsp3) is 0.450. The maximum absolute atomic E-state index is 12.2. The van der Waals surface area contributed by atoms with E-state index in [1.165, 1.54) is 25.2 Å². The lowest BCUT2D eigenvalue weighted by Gasteiger charge is -2.24. The van der Waals surface area contributed by atoms with Gasteiger partial charge >= 0.3 is 0 Å². The molecule has 3 rings (SSSR count). The molecule has 2 aromatic heterocycles. The molecule has 3 heterocycles. The second kappa shape index (κ2) is 10.5. The van der Waals surface area contributed by atoms with Gasteiger partial charge in [0, 0.05) is 12.6 Å². The summed E-state index contributed by atoms with van der Waals surface area (Å²) in [7, 11) is 3.69. The number of amides is 1. The highest BCUT2D eigenvalue weighted by Gasteiger charge is 2.15. The minimum atomic E-state index is -0.108. The van der Waals surface area contributed by atoms with Gasteiger partial charge in [-0.25, -0.2) is 15.0 Å². The summed E-state index contributed by atoms with van der Waals surface area (Å²) >= 11 is 0. The standard InChI is InChI=1S/C20H27N9O/c1-29(2)13-20(30)27-17-11-26-18(28-19-12-23-15(7-21)10-25-19)6-16(17)24-9-14-4-3-5-22-8-14/h6,10-12,14,22H,3-5,8-9,13H2,1-2H3,(H,27,30)(H2,24,25,26,28). The Hall–Kier alpha value is -3.29. The molecular weight excluding hydrogens is 382 g/mol. The van der Waals surface area contributed by atoms with Gasteiger partial charge in [0.05, 0.1) is 36.5 Å². The molecule has 0 aliphatic carbocycles. The third-order valence-corrected chi connectivity index (χ3v) is 4.64. The van der Waals surface area contributed by atoms with Gasteiger partial charge in [-0.1, -0.05) is 0 Å². The third-order valence-electron chi connectivity index (χ3n) is 4.64. The number of carbonyl (C=O) groups is 1. The molecule has 1 saturated heterocycles. The number of anilines is 4. The van der Waals surface area contributed by atoms with Crippen LogP contribution >= 0.6 is 0 Å². The van der Waals surface area contributed by atoms with Gasteiger partial charge in [0.15, 0.2) is 5.69 Å². The van der Waals surface area contributed by atoms with Crippen molar-refractivity contribution < 1.29 is 4.79 Å². The Morgan fingerprint density at radius 3 is 2.73 bits per heavy atom. The molecule has 10 heteroatoms. The Morgan fingerprint density at radius 1 is 1.23 bits per heavy atom. The largest absolute Gasteiger partial charge is 0.383 e. The zero-order valence-electron chi connectivity index (χ0n) is 17.3. The van der Waals surface area contributed by atoms with E-state index >= 15 is 0 Å². The molecule has 30 heavy (non-hydrogen) atoms. The number of carbonyl (C=O) groups excluding carboxylic acids is 1. The normalized spacial score (nSPS) is 16.0. The maximum atomic E-state index is 12.2. The van der Waals surface area contributed by atoms with Gasteiger partial charge in [-0.05, 0) is 45.9 Å². The smallest absolute Gasteiger partial charge is 0.238 e. The number of hydrogen-bond acceptors (Lipinski definition) is 9. The van der Waals surface area contributed by atoms with Crippen molar-refractivity contribution in [2.75, 3.05) is 56.2 Å². The number of likely N-dealkylation sites (N-methyl/N-ethyl adjacent to an activating group) is 1. The SMILES string of the molecule is CN(C)CC(=O)Nc1cnc(Nc2cnc(C#N)cn2)cc1NCC1CCCNC1. The minimum Gasteiger partial charge on any atom is -0.383 e. The van der Waals surface area contributed by atoms with Crippen LogP contribution in [0.1, 0.15) is 18.5 Å². The van der Waals surface area contributed by atoms with E-state index < -0.39 is 0 Å². The van der Waals surface area contributed by atoms with Gasteiger partial charge in [-0.15, -0.1) is 0 Å². The van der Waals surface area contributed by atoms with Gasteiger partial charge < -0.3 is 26.2 Å². The molecule has 1 aliphatic heterocycles. The predicted octanol–water partition coefficient (Wildman–Crippen LogP) is 1.40. The van der Waals surface area contributed by atoms with E-state index in [1.807, 2.05) is 31.1 Å². The van der Waals surface area contributed by atoms with E-state index in [0.29, 0.717) is 23.2 Å². The Bertz CT molecular complexity index is 886. The molecule has 0 spiro atoms. The van der Waals surface area contributed by atoms with Crippen molar-refractivity contribution in [2.45, 2.75) is 12.8 Å². The number of piperidine rings is 1. The lowest BCUT2D eigenvalue weighted by atomic mass is 10.00. The molecule has 0 aromatic carbocycles. The highest BCUT2D eigenvalue weighted by Crippen LogP contribution is 2.26. The van der Waals surface area contributed by atoms with Crippen LogP contribution in [-0.2, 0) is 4.79 Å². The van der Waals surface area contributed by atoms with Crippen molar-refractivity contribution in [1.29, 1.82) is 5.26 Å². The number of rotatable bonds is 8. The molecule has 0 radical (unpaired) electrons. The van der Waals surface area contributed by atoms with Gasteiger partial charge in [-0.2, -0.15) is 5.26 Å². The molecule has 1 fully saturated rings. The lowest BCUT2D eigenvalue weighted by molar-refractivity contribution is -0.116. The maximum Gasteiger partial charge on any atom is 0.238 e. The van der Waals surface area contributed by atoms with Crippen molar-refractivity contribution in [2.24, 2.45) is 5.92 Å². The number of hydrogen-bond donors (Lipinski definition) is 4. The van der Waals surface area contributed by atoms with Crippen molar-refractivity contribution in [3.63, 3.8) is 0 Å². The molecule has 1 unspecified atom stereocenters. The Kier molecular flexibility index (Phi) is 7.48. The first-order valence-electron chi connectivity index (χ1n) is 9.92. The zero-order valence-corrected chi connectivity index (χ0v) is 17.3. The molecule has 4 N–H and O–H groups in total. The van der Waals surface area contributed by atoms with Crippen LogP contribution in [0.15, 0.2) is 24.7 Å². The highest BCUT2D eigenvalue weighted by atomic mass is 16.2. The predicted molar refractivity (Wildman–Crippen MR) is 116 cm³/mol. The van der Waals surface area contributed by atoms with Crippen LogP contribution in [0.3, 0.4) is 0 Å². The molecule has 1 aliphatic rings. The van der Waals surface area contributed by atoms with Gasteiger partial charge in [0.25, 0.3) is 0 Å². The Morgan fingerprint density at radius 2 is 2.07 bits per heavy atom. The fourth-order valence-electron chi connectivity index (χ4n) is 3.18. The van der Waals surface area contributed by atoms with Crippen molar-refractivity contribution in [1.82, 2.24) is 25.2 Å². The van der Waals surface area contributed by atoms with Gasteiger partial charge in [0.2, 0.25) is 5.91 Å². The first-order chi connectivity index (χ1) is 14.5.